The average molecular weight is 355 g/mol. The lowest BCUT2D eigenvalue weighted by atomic mass is 9.79. The Morgan fingerprint density at radius 3 is 2.36 bits per heavy atom. The van der Waals surface area contributed by atoms with Crippen molar-refractivity contribution in [3.8, 4) is 0 Å². The third kappa shape index (κ3) is 5.94. The lowest BCUT2D eigenvalue weighted by Crippen LogP contribution is -2.60. The average Bonchev–Trinajstić information content (AvgIpc) is 2.60. The van der Waals surface area contributed by atoms with Crippen LogP contribution in [0.4, 0.5) is 0 Å². The SMILES string of the molecule is CC(C)N(CC(=O)O)CC(=O)NCC1(N2CCOCC2)CCCCC1. The van der Waals surface area contributed by atoms with Gasteiger partial charge in [0, 0.05) is 31.2 Å². The maximum absolute atomic E-state index is 12.4. The molecule has 1 aliphatic heterocycles. The molecule has 1 saturated heterocycles. The zero-order chi connectivity index (χ0) is 18.3. The Kier molecular flexibility index (Phi) is 7.65. The number of carboxylic acid groups (broad SMARTS) is 1. The molecule has 2 rings (SSSR count). The highest BCUT2D eigenvalue weighted by molar-refractivity contribution is 5.79. The third-order valence-electron chi connectivity index (χ3n) is 5.50. The molecule has 0 aromatic heterocycles. The van der Waals surface area contributed by atoms with E-state index in [-0.39, 0.29) is 30.6 Å². The van der Waals surface area contributed by atoms with E-state index in [0.717, 1.165) is 39.1 Å². The van der Waals surface area contributed by atoms with E-state index in [0.29, 0.717) is 6.54 Å². The predicted octanol–water partition coefficient (Wildman–Crippen LogP) is 0.933. The van der Waals surface area contributed by atoms with Crippen molar-refractivity contribution in [3.05, 3.63) is 0 Å². The molecule has 7 heteroatoms. The van der Waals surface area contributed by atoms with Crippen LogP contribution in [0.25, 0.3) is 0 Å². The standard InChI is InChI=1S/C18H33N3O4/c1-15(2)20(13-17(23)24)12-16(22)19-14-18(6-4-3-5-7-18)21-8-10-25-11-9-21/h15H,3-14H2,1-2H3,(H,19,22)(H,23,24). The normalized spacial score (nSPS) is 21.4. The number of amides is 1. The van der Waals surface area contributed by atoms with Crippen LogP contribution in [0.3, 0.4) is 0 Å². The number of hydrogen-bond donors (Lipinski definition) is 2. The molecule has 0 unspecified atom stereocenters. The van der Waals surface area contributed by atoms with Gasteiger partial charge in [0.1, 0.15) is 0 Å². The largest absolute Gasteiger partial charge is 0.480 e. The van der Waals surface area contributed by atoms with Gasteiger partial charge in [0.25, 0.3) is 0 Å². The first-order valence-corrected chi connectivity index (χ1v) is 9.48. The first-order chi connectivity index (χ1) is 11.9. The van der Waals surface area contributed by atoms with Crippen molar-refractivity contribution in [2.75, 3.05) is 45.9 Å². The number of carbonyl (C=O) groups excluding carboxylic acids is 1. The first-order valence-electron chi connectivity index (χ1n) is 9.48. The second-order valence-electron chi connectivity index (χ2n) is 7.55. The van der Waals surface area contributed by atoms with Crippen molar-refractivity contribution in [1.82, 2.24) is 15.1 Å². The van der Waals surface area contributed by atoms with E-state index >= 15 is 0 Å². The second kappa shape index (κ2) is 9.50. The molecule has 2 aliphatic rings. The van der Waals surface area contributed by atoms with Crippen LogP contribution >= 0.6 is 0 Å². The fraction of sp³-hybridized carbons (Fsp3) is 0.889. The van der Waals surface area contributed by atoms with Gasteiger partial charge in [0.2, 0.25) is 5.91 Å². The van der Waals surface area contributed by atoms with Crippen LogP contribution in [-0.2, 0) is 14.3 Å². The van der Waals surface area contributed by atoms with Gasteiger partial charge >= 0.3 is 5.97 Å². The summed E-state index contributed by atoms with van der Waals surface area (Å²) in [6, 6.07) is 0.0183. The Morgan fingerprint density at radius 2 is 1.80 bits per heavy atom. The number of nitrogens with zero attached hydrogens (tertiary/aromatic N) is 2. The van der Waals surface area contributed by atoms with Gasteiger partial charge in [-0.2, -0.15) is 0 Å². The number of ether oxygens (including phenoxy) is 1. The number of carbonyl (C=O) groups is 2. The summed E-state index contributed by atoms with van der Waals surface area (Å²) in [7, 11) is 0. The monoisotopic (exact) mass is 355 g/mol. The molecular formula is C18H33N3O4. The van der Waals surface area contributed by atoms with Gasteiger partial charge in [-0.1, -0.05) is 19.3 Å². The van der Waals surface area contributed by atoms with Crippen molar-refractivity contribution in [3.63, 3.8) is 0 Å². The van der Waals surface area contributed by atoms with Gasteiger partial charge in [-0.15, -0.1) is 0 Å². The summed E-state index contributed by atoms with van der Waals surface area (Å²) >= 11 is 0. The van der Waals surface area contributed by atoms with Gasteiger partial charge in [-0.3, -0.25) is 19.4 Å². The van der Waals surface area contributed by atoms with E-state index in [1.807, 2.05) is 13.8 Å². The van der Waals surface area contributed by atoms with Gasteiger partial charge in [0.05, 0.1) is 26.3 Å². The van der Waals surface area contributed by atoms with Crippen molar-refractivity contribution in [2.45, 2.75) is 57.5 Å². The number of carboxylic acids is 1. The Balaban J connectivity index is 1.92. The van der Waals surface area contributed by atoms with Crippen LogP contribution < -0.4 is 5.32 Å². The second-order valence-corrected chi connectivity index (χ2v) is 7.55. The molecule has 0 aromatic carbocycles. The summed E-state index contributed by atoms with van der Waals surface area (Å²) in [5.74, 6) is -0.994. The van der Waals surface area contributed by atoms with Crippen LogP contribution in [-0.4, -0.2) is 84.3 Å². The van der Waals surface area contributed by atoms with Crippen LogP contribution in [0.15, 0.2) is 0 Å². The zero-order valence-electron chi connectivity index (χ0n) is 15.6. The lowest BCUT2D eigenvalue weighted by Gasteiger charge is -2.48. The fourth-order valence-electron chi connectivity index (χ4n) is 3.95. The summed E-state index contributed by atoms with van der Waals surface area (Å²) in [4.78, 5) is 27.6. The third-order valence-corrected chi connectivity index (χ3v) is 5.50. The Hall–Kier alpha value is -1.18. The molecule has 25 heavy (non-hydrogen) atoms. The minimum absolute atomic E-state index is 0.0183. The molecule has 7 nitrogen and oxygen atoms in total. The number of aliphatic carboxylic acids is 1. The smallest absolute Gasteiger partial charge is 0.317 e. The van der Waals surface area contributed by atoms with Crippen molar-refractivity contribution >= 4 is 11.9 Å². The van der Waals surface area contributed by atoms with E-state index in [9.17, 15) is 9.59 Å². The maximum atomic E-state index is 12.4. The minimum Gasteiger partial charge on any atom is -0.480 e. The van der Waals surface area contributed by atoms with Crippen LogP contribution in [0.2, 0.25) is 0 Å². The van der Waals surface area contributed by atoms with Gasteiger partial charge in [-0.05, 0) is 26.7 Å². The molecule has 2 fully saturated rings. The molecule has 144 valence electrons. The van der Waals surface area contributed by atoms with E-state index in [2.05, 4.69) is 10.2 Å². The molecule has 2 N–H and O–H groups in total. The van der Waals surface area contributed by atoms with Gasteiger partial charge in [0.15, 0.2) is 0 Å². The summed E-state index contributed by atoms with van der Waals surface area (Å²) in [6.45, 7) is 7.84. The molecule has 1 saturated carbocycles. The lowest BCUT2D eigenvalue weighted by molar-refractivity contribution is -0.139. The summed E-state index contributed by atoms with van der Waals surface area (Å²) in [5, 5.41) is 12.1. The van der Waals surface area contributed by atoms with Crippen molar-refractivity contribution in [1.29, 1.82) is 0 Å². The Bertz CT molecular complexity index is 444. The van der Waals surface area contributed by atoms with E-state index in [1.165, 1.54) is 19.3 Å². The highest BCUT2D eigenvalue weighted by atomic mass is 16.5. The molecule has 1 aliphatic carbocycles. The summed E-state index contributed by atoms with van der Waals surface area (Å²) in [6.07, 6.45) is 5.88. The summed E-state index contributed by atoms with van der Waals surface area (Å²) < 4.78 is 5.49. The minimum atomic E-state index is -0.904. The number of nitrogens with one attached hydrogen (secondary N) is 1. The highest BCUT2D eigenvalue weighted by Gasteiger charge is 2.38. The van der Waals surface area contributed by atoms with E-state index in [1.54, 1.807) is 4.90 Å². The quantitative estimate of drug-likeness (QED) is 0.674. The molecule has 1 amide bonds. The van der Waals surface area contributed by atoms with Crippen molar-refractivity contribution in [2.24, 2.45) is 0 Å². The topological polar surface area (TPSA) is 82.1 Å². The van der Waals surface area contributed by atoms with Crippen molar-refractivity contribution < 1.29 is 19.4 Å². The van der Waals surface area contributed by atoms with E-state index < -0.39 is 5.97 Å². The van der Waals surface area contributed by atoms with Gasteiger partial charge < -0.3 is 15.2 Å². The zero-order valence-corrected chi connectivity index (χ0v) is 15.6. The number of morpholine rings is 1. The predicted molar refractivity (Wildman–Crippen MR) is 95.6 cm³/mol. The molecule has 1 heterocycles. The molecule has 0 bridgehead atoms. The first kappa shape index (κ1) is 20.1. The fourth-order valence-corrected chi connectivity index (χ4v) is 3.95. The van der Waals surface area contributed by atoms with Crippen LogP contribution in [0.1, 0.15) is 46.0 Å². The molecular weight excluding hydrogens is 322 g/mol. The molecule has 0 atom stereocenters. The highest BCUT2D eigenvalue weighted by Crippen LogP contribution is 2.33. The van der Waals surface area contributed by atoms with Crippen LogP contribution in [0, 0.1) is 0 Å². The molecule has 0 radical (unpaired) electrons. The van der Waals surface area contributed by atoms with E-state index in [4.69, 9.17) is 9.84 Å². The Morgan fingerprint density at radius 1 is 1.16 bits per heavy atom. The Labute approximate surface area is 150 Å². The van der Waals surface area contributed by atoms with Gasteiger partial charge in [-0.25, -0.2) is 0 Å². The number of rotatable bonds is 8. The number of hydrogen-bond acceptors (Lipinski definition) is 5. The molecule has 0 aromatic rings. The summed E-state index contributed by atoms with van der Waals surface area (Å²) in [5.41, 5.74) is 0.0349. The molecule has 0 spiro atoms. The van der Waals surface area contributed by atoms with Crippen LogP contribution in [0.5, 0.6) is 0 Å². The maximum Gasteiger partial charge on any atom is 0.317 e.